The molecule has 0 amide bonds. The predicted molar refractivity (Wildman–Crippen MR) is 62.5 cm³/mol. The number of sulfone groups is 1. The van der Waals surface area contributed by atoms with Gasteiger partial charge in [0.05, 0.1) is 11.5 Å². The largest absolute Gasteiger partial charge is 0.329 e. The maximum absolute atomic E-state index is 11.5. The number of nitrogens with two attached hydrogens (primary N) is 1. The maximum atomic E-state index is 11.5. The first-order valence-corrected chi connectivity index (χ1v) is 6.73. The van der Waals surface area contributed by atoms with Gasteiger partial charge in [-0.15, -0.1) is 0 Å². The van der Waals surface area contributed by atoms with Gasteiger partial charge in [-0.05, 0) is 19.4 Å². The van der Waals surface area contributed by atoms with Crippen LogP contribution in [0.2, 0.25) is 0 Å². The van der Waals surface area contributed by atoms with Gasteiger partial charge in [0.1, 0.15) is 0 Å². The first-order chi connectivity index (χ1) is 6.93. The van der Waals surface area contributed by atoms with Crippen LogP contribution < -0.4 is 5.73 Å². The molecule has 0 radical (unpaired) electrons. The molecule has 0 atom stereocenters. The van der Waals surface area contributed by atoms with Crippen molar-refractivity contribution in [2.45, 2.75) is 19.6 Å². The fourth-order valence-electron chi connectivity index (χ4n) is 1.66. The Labute approximate surface area is 91.2 Å². The van der Waals surface area contributed by atoms with Gasteiger partial charge in [-0.3, -0.25) is 0 Å². The van der Waals surface area contributed by atoms with Crippen LogP contribution in [0.1, 0.15) is 16.7 Å². The molecular formula is C11H17NO2S. The molecule has 0 saturated carbocycles. The zero-order chi connectivity index (χ0) is 11.5. The highest BCUT2D eigenvalue weighted by atomic mass is 32.2. The van der Waals surface area contributed by atoms with Crippen molar-refractivity contribution in [2.75, 3.05) is 12.3 Å². The topological polar surface area (TPSA) is 60.2 Å². The highest BCUT2D eigenvalue weighted by Crippen LogP contribution is 2.12. The number of aryl methyl sites for hydroxylation is 2. The Morgan fingerprint density at radius 2 is 1.67 bits per heavy atom. The molecule has 3 nitrogen and oxygen atoms in total. The van der Waals surface area contributed by atoms with Gasteiger partial charge in [0.25, 0.3) is 0 Å². The van der Waals surface area contributed by atoms with E-state index in [9.17, 15) is 8.42 Å². The molecular weight excluding hydrogens is 210 g/mol. The van der Waals surface area contributed by atoms with E-state index in [-0.39, 0.29) is 18.1 Å². The van der Waals surface area contributed by atoms with Crippen LogP contribution >= 0.6 is 0 Å². The summed E-state index contributed by atoms with van der Waals surface area (Å²) in [6.45, 7) is 4.12. The second-order valence-corrected chi connectivity index (χ2v) is 6.06. The zero-order valence-electron chi connectivity index (χ0n) is 9.16. The normalized spacial score (nSPS) is 11.7. The summed E-state index contributed by atoms with van der Waals surface area (Å²) in [6.07, 6.45) is 0. The standard InChI is InChI=1S/C11H17NO2S/c1-9-5-10(2)7-11(6-9)8-15(13,14)4-3-12/h5-7H,3-4,8,12H2,1-2H3. The molecule has 0 unspecified atom stereocenters. The van der Waals surface area contributed by atoms with Crippen LogP contribution in [-0.4, -0.2) is 20.7 Å². The van der Waals surface area contributed by atoms with Gasteiger partial charge in [0.2, 0.25) is 0 Å². The fraction of sp³-hybridized carbons (Fsp3) is 0.455. The van der Waals surface area contributed by atoms with E-state index in [1.807, 2.05) is 32.0 Å². The van der Waals surface area contributed by atoms with Gasteiger partial charge in [0.15, 0.2) is 9.84 Å². The molecule has 0 bridgehead atoms. The zero-order valence-corrected chi connectivity index (χ0v) is 9.97. The van der Waals surface area contributed by atoms with Crippen LogP contribution in [0.3, 0.4) is 0 Å². The van der Waals surface area contributed by atoms with Crippen molar-refractivity contribution in [3.63, 3.8) is 0 Å². The summed E-state index contributed by atoms with van der Waals surface area (Å²) in [6, 6.07) is 5.83. The molecule has 1 aromatic rings. The summed E-state index contributed by atoms with van der Waals surface area (Å²) in [4.78, 5) is 0. The summed E-state index contributed by atoms with van der Waals surface area (Å²) < 4.78 is 23.1. The summed E-state index contributed by atoms with van der Waals surface area (Å²) in [5, 5.41) is 0. The van der Waals surface area contributed by atoms with Gasteiger partial charge in [-0.2, -0.15) is 0 Å². The Hall–Kier alpha value is -0.870. The smallest absolute Gasteiger partial charge is 0.155 e. The van der Waals surface area contributed by atoms with Crippen LogP contribution in [0.25, 0.3) is 0 Å². The van der Waals surface area contributed by atoms with E-state index >= 15 is 0 Å². The van der Waals surface area contributed by atoms with E-state index in [1.54, 1.807) is 0 Å². The minimum Gasteiger partial charge on any atom is -0.329 e. The first-order valence-electron chi connectivity index (χ1n) is 4.90. The monoisotopic (exact) mass is 227 g/mol. The summed E-state index contributed by atoms with van der Waals surface area (Å²) >= 11 is 0. The third-order valence-electron chi connectivity index (χ3n) is 2.10. The Morgan fingerprint density at radius 1 is 1.13 bits per heavy atom. The summed E-state index contributed by atoms with van der Waals surface area (Å²) in [7, 11) is -3.04. The minimum absolute atomic E-state index is 0.0555. The second-order valence-electron chi connectivity index (χ2n) is 3.88. The van der Waals surface area contributed by atoms with Gasteiger partial charge in [-0.25, -0.2) is 8.42 Å². The van der Waals surface area contributed by atoms with E-state index in [2.05, 4.69) is 0 Å². The quantitative estimate of drug-likeness (QED) is 0.840. The van der Waals surface area contributed by atoms with Crippen molar-refractivity contribution in [3.05, 3.63) is 34.9 Å². The molecule has 15 heavy (non-hydrogen) atoms. The Balaban J connectivity index is 2.90. The fourth-order valence-corrected chi connectivity index (χ4v) is 2.84. The summed E-state index contributed by atoms with van der Waals surface area (Å²) in [5.74, 6) is 0.146. The van der Waals surface area contributed by atoms with E-state index in [1.165, 1.54) is 0 Å². The van der Waals surface area contributed by atoms with Crippen LogP contribution in [0, 0.1) is 13.8 Å². The highest BCUT2D eigenvalue weighted by Gasteiger charge is 2.10. The lowest BCUT2D eigenvalue weighted by Crippen LogP contribution is -2.17. The van der Waals surface area contributed by atoms with Crippen molar-refractivity contribution in [2.24, 2.45) is 5.73 Å². The minimum atomic E-state index is -3.04. The van der Waals surface area contributed by atoms with Gasteiger partial charge in [-0.1, -0.05) is 29.3 Å². The highest BCUT2D eigenvalue weighted by molar-refractivity contribution is 7.90. The lowest BCUT2D eigenvalue weighted by atomic mass is 10.1. The van der Waals surface area contributed by atoms with Crippen LogP contribution in [0.4, 0.5) is 0 Å². The van der Waals surface area contributed by atoms with E-state index < -0.39 is 9.84 Å². The van der Waals surface area contributed by atoms with Crippen LogP contribution in [0.5, 0.6) is 0 Å². The second kappa shape index (κ2) is 4.77. The number of benzene rings is 1. The number of rotatable bonds is 4. The average molecular weight is 227 g/mol. The Morgan fingerprint density at radius 3 is 2.13 bits per heavy atom. The first kappa shape index (κ1) is 12.2. The van der Waals surface area contributed by atoms with Crippen molar-refractivity contribution >= 4 is 9.84 Å². The SMILES string of the molecule is Cc1cc(C)cc(CS(=O)(=O)CCN)c1. The number of hydrogen-bond acceptors (Lipinski definition) is 3. The lowest BCUT2D eigenvalue weighted by molar-refractivity contribution is 0.595. The Bertz CT molecular complexity index is 418. The third-order valence-corrected chi connectivity index (χ3v) is 3.73. The molecule has 0 aliphatic carbocycles. The van der Waals surface area contributed by atoms with Gasteiger partial charge in [0, 0.05) is 6.54 Å². The molecule has 0 saturated heterocycles. The average Bonchev–Trinajstić information content (AvgIpc) is 1.99. The molecule has 1 aromatic carbocycles. The lowest BCUT2D eigenvalue weighted by Gasteiger charge is -2.05. The van der Waals surface area contributed by atoms with Gasteiger partial charge < -0.3 is 5.73 Å². The van der Waals surface area contributed by atoms with E-state index in [4.69, 9.17) is 5.73 Å². The number of hydrogen-bond donors (Lipinski definition) is 1. The molecule has 0 fully saturated rings. The third kappa shape index (κ3) is 4.01. The molecule has 0 spiro atoms. The molecule has 0 aliphatic rings. The maximum Gasteiger partial charge on any atom is 0.155 e. The molecule has 0 aliphatic heterocycles. The molecule has 1 rings (SSSR count). The van der Waals surface area contributed by atoms with Crippen molar-refractivity contribution < 1.29 is 8.42 Å². The molecule has 84 valence electrons. The Kier molecular flexibility index (Phi) is 3.88. The van der Waals surface area contributed by atoms with E-state index in [0.717, 1.165) is 16.7 Å². The van der Waals surface area contributed by atoms with E-state index in [0.29, 0.717) is 0 Å². The predicted octanol–water partition coefficient (Wildman–Crippen LogP) is 1.18. The molecule has 2 N–H and O–H groups in total. The van der Waals surface area contributed by atoms with Crippen LogP contribution in [-0.2, 0) is 15.6 Å². The molecule has 4 heteroatoms. The van der Waals surface area contributed by atoms with Crippen molar-refractivity contribution in [1.82, 2.24) is 0 Å². The van der Waals surface area contributed by atoms with Crippen LogP contribution in [0.15, 0.2) is 18.2 Å². The van der Waals surface area contributed by atoms with Crippen molar-refractivity contribution in [1.29, 1.82) is 0 Å². The summed E-state index contributed by atoms with van der Waals surface area (Å²) in [5.41, 5.74) is 8.28. The van der Waals surface area contributed by atoms with Crippen molar-refractivity contribution in [3.8, 4) is 0 Å². The molecule has 0 aromatic heterocycles. The molecule has 0 heterocycles. The van der Waals surface area contributed by atoms with Gasteiger partial charge >= 0.3 is 0 Å².